The number of hydrogen-bond acceptors (Lipinski definition) is 5. The molecule has 0 saturated heterocycles. The molecule has 1 N–H and O–H groups in total. The number of imidazole rings is 1. The van der Waals surface area contributed by atoms with Crippen LogP contribution in [0.3, 0.4) is 0 Å². The van der Waals surface area contributed by atoms with Gasteiger partial charge < -0.3 is 14.8 Å². The average molecular weight is 418 g/mol. The summed E-state index contributed by atoms with van der Waals surface area (Å²) in [6, 6.07) is 12.9. The smallest absolute Gasteiger partial charge is 0.187 e. The zero-order chi connectivity index (χ0) is 21.1. The molecule has 0 atom stereocenters. The van der Waals surface area contributed by atoms with Gasteiger partial charge in [0.1, 0.15) is 0 Å². The van der Waals surface area contributed by atoms with Crippen molar-refractivity contribution in [2.45, 2.75) is 27.7 Å². The third-order valence-electron chi connectivity index (χ3n) is 5.36. The van der Waals surface area contributed by atoms with Crippen LogP contribution >= 0.6 is 11.3 Å². The second kappa shape index (κ2) is 8.71. The van der Waals surface area contributed by atoms with E-state index in [0.717, 1.165) is 40.9 Å². The molecule has 2 aromatic heterocycles. The van der Waals surface area contributed by atoms with E-state index in [2.05, 4.69) is 84.7 Å². The van der Waals surface area contributed by atoms with Crippen LogP contribution in [0.5, 0.6) is 0 Å². The normalized spacial score (nSPS) is 10.9. The fourth-order valence-electron chi connectivity index (χ4n) is 3.64. The van der Waals surface area contributed by atoms with Gasteiger partial charge in [-0.15, -0.1) is 11.3 Å². The Labute approximate surface area is 182 Å². The first-order valence-corrected chi connectivity index (χ1v) is 11.1. The molecule has 2 heterocycles. The minimum atomic E-state index is 0.904. The molecule has 0 aliphatic carbocycles. The zero-order valence-corrected chi connectivity index (χ0v) is 18.7. The summed E-state index contributed by atoms with van der Waals surface area (Å²) in [4.78, 5) is 11.3. The molecule has 0 spiro atoms. The number of thiazole rings is 1. The molecular weight excluding hydrogens is 390 g/mol. The summed E-state index contributed by atoms with van der Waals surface area (Å²) in [6.45, 7) is 10.7. The summed E-state index contributed by atoms with van der Waals surface area (Å²) >= 11 is 1.63. The van der Waals surface area contributed by atoms with E-state index in [9.17, 15) is 0 Å². The highest BCUT2D eigenvalue weighted by atomic mass is 32.1. The lowest BCUT2D eigenvalue weighted by molar-refractivity contribution is 0.861. The van der Waals surface area contributed by atoms with Crippen molar-refractivity contribution >= 4 is 27.8 Å². The van der Waals surface area contributed by atoms with Gasteiger partial charge in [0, 0.05) is 53.5 Å². The third kappa shape index (κ3) is 4.09. The van der Waals surface area contributed by atoms with Gasteiger partial charge in [-0.05, 0) is 63.1 Å². The van der Waals surface area contributed by atoms with E-state index >= 15 is 0 Å². The minimum absolute atomic E-state index is 0.904. The van der Waals surface area contributed by atoms with Gasteiger partial charge >= 0.3 is 0 Å². The van der Waals surface area contributed by atoms with Crippen molar-refractivity contribution in [3.05, 3.63) is 71.6 Å². The molecule has 0 amide bonds. The first-order chi connectivity index (χ1) is 14.6. The molecule has 4 aromatic rings. The lowest BCUT2D eigenvalue weighted by atomic mass is 10.1. The van der Waals surface area contributed by atoms with Gasteiger partial charge in [0.15, 0.2) is 5.13 Å². The lowest BCUT2D eigenvalue weighted by Gasteiger charge is -2.24. The number of rotatable bonds is 7. The predicted molar refractivity (Wildman–Crippen MR) is 127 cm³/mol. The molecule has 5 nitrogen and oxygen atoms in total. The Bertz CT molecular complexity index is 1110. The first kappa shape index (κ1) is 20.2. The molecule has 0 fully saturated rings. The van der Waals surface area contributed by atoms with E-state index in [-0.39, 0.29) is 0 Å². The van der Waals surface area contributed by atoms with Crippen molar-refractivity contribution in [2.24, 2.45) is 0 Å². The van der Waals surface area contributed by atoms with Gasteiger partial charge in [-0.1, -0.05) is 12.1 Å². The maximum Gasteiger partial charge on any atom is 0.187 e. The Morgan fingerprint density at radius 1 is 1.03 bits per heavy atom. The van der Waals surface area contributed by atoms with Gasteiger partial charge in [-0.25, -0.2) is 9.97 Å². The van der Waals surface area contributed by atoms with Gasteiger partial charge in [-0.3, -0.25) is 0 Å². The molecule has 0 unspecified atom stereocenters. The van der Waals surface area contributed by atoms with Gasteiger partial charge in [0.25, 0.3) is 0 Å². The van der Waals surface area contributed by atoms with E-state index in [1.165, 1.54) is 16.8 Å². The third-order valence-corrected chi connectivity index (χ3v) is 6.12. The summed E-state index contributed by atoms with van der Waals surface area (Å²) in [6.07, 6.45) is 5.52. The van der Waals surface area contributed by atoms with Crippen molar-refractivity contribution in [3.63, 3.8) is 0 Å². The Balaban J connectivity index is 1.53. The van der Waals surface area contributed by atoms with E-state index in [1.54, 1.807) is 23.9 Å². The zero-order valence-electron chi connectivity index (χ0n) is 17.9. The monoisotopic (exact) mass is 417 g/mol. The fraction of sp³-hybridized carbons (Fsp3) is 0.250. The summed E-state index contributed by atoms with van der Waals surface area (Å²) in [7, 11) is 0. The van der Waals surface area contributed by atoms with Gasteiger partial charge in [0.05, 0.1) is 12.0 Å². The maximum atomic E-state index is 4.81. The topological polar surface area (TPSA) is 46.0 Å². The van der Waals surface area contributed by atoms with Crippen molar-refractivity contribution in [3.8, 4) is 16.9 Å². The maximum absolute atomic E-state index is 4.81. The van der Waals surface area contributed by atoms with E-state index < -0.39 is 0 Å². The summed E-state index contributed by atoms with van der Waals surface area (Å²) in [5.74, 6) is 0. The molecule has 154 valence electrons. The largest absolute Gasteiger partial charge is 0.372 e. The van der Waals surface area contributed by atoms with E-state index in [4.69, 9.17) is 4.98 Å². The number of nitrogens with zero attached hydrogens (tertiary/aromatic N) is 4. The van der Waals surface area contributed by atoms with Gasteiger partial charge in [0.2, 0.25) is 0 Å². The van der Waals surface area contributed by atoms with Crippen LogP contribution in [0.25, 0.3) is 16.9 Å². The molecule has 4 rings (SSSR count). The van der Waals surface area contributed by atoms with Crippen LogP contribution < -0.4 is 10.2 Å². The molecule has 0 aliphatic heterocycles. The number of aryl methyl sites for hydroxylation is 2. The van der Waals surface area contributed by atoms with Crippen molar-refractivity contribution < 1.29 is 0 Å². The highest BCUT2D eigenvalue weighted by molar-refractivity contribution is 7.14. The van der Waals surface area contributed by atoms with Crippen molar-refractivity contribution in [1.29, 1.82) is 0 Å². The van der Waals surface area contributed by atoms with Crippen LogP contribution in [0.1, 0.15) is 25.0 Å². The molecule has 0 saturated carbocycles. The standard InChI is InChI=1S/C24H27N5S/c1-5-28(6-2)23-14-17(3)21(13-18(23)4)26-24-27-22(15-30-24)19-7-9-20(10-8-19)29-12-11-25-16-29/h7-16H,5-6H2,1-4H3,(H,26,27). The highest BCUT2D eigenvalue weighted by Crippen LogP contribution is 2.32. The number of nitrogens with one attached hydrogen (secondary N) is 1. The van der Waals surface area contributed by atoms with E-state index in [1.807, 2.05) is 10.8 Å². The van der Waals surface area contributed by atoms with Gasteiger partial charge in [-0.2, -0.15) is 0 Å². The van der Waals surface area contributed by atoms with E-state index in [0.29, 0.717) is 0 Å². The van der Waals surface area contributed by atoms with Crippen LogP contribution in [0.15, 0.2) is 60.5 Å². The van der Waals surface area contributed by atoms with Crippen LogP contribution in [0.2, 0.25) is 0 Å². The second-order valence-corrected chi connectivity index (χ2v) is 8.16. The summed E-state index contributed by atoms with van der Waals surface area (Å²) in [5, 5.41) is 6.52. The fourth-order valence-corrected chi connectivity index (χ4v) is 4.37. The van der Waals surface area contributed by atoms with Crippen LogP contribution in [-0.2, 0) is 0 Å². The first-order valence-electron chi connectivity index (χ1n) is 10.3. The molecular formula is C24H27N5S. The molecule has 30 heavy (non-hydrogen) atoms. The molecule has 2 aromatic carbocycles. The minimum Gasteiger partial charge on any atom is -0.372 e. The highest BCUT2D eigenvalue weighted by Gasteiger charge is 2.11. The molecule has 6 heteroatoms. The van der Waals surface area contributed by atoms with Crippen LogP contribution in [-0.4, -0.2) is 27.6 Å². The molecule has 0 bridgehead atoms. The number of hydrogen-bond donors (Lipinski definition) is 1. The Kier molecular flexibility index (Phi) is 5.86. The number of benzene rings is 2. The van der Waals surface area contributed by atoms with Crippen molar-refractivity contribution in [2.75, 3.05) is 23.3 Å². The predicted octanol–water partition coefficient (Wildman–Crippen LogP) is 6.20. The quantitative estimate of drug-likeness (QED) is 0.389. The Hall–Kier alpha value is -3.12. The SMILES string of the molecule is CCN(CC)c1cc(C)c(Nc2nc(-c3ccc(-n4ccnc4)cc3)cs2)cc1C. The lowest BCUT2D eigenvalue weighted by Crippen LogP contribution is -2.22. The number of aromatic nitrogens is 3. The molecule has 0 aliphatic rings. The average Bonchev–Trinajstić information content (AvgIpc) is 3.45. The summed E-state index contributed by atoms with van der Waals surface area (Å²) < 4.78 is 1.99. The van der Waals surface area contributed by atoms with Crippen molar-refractivity contribution in [1.82, 2.24) is 14.5 Å². The molecule has 0 radical (unpaired) electrons. The number of anilines is 3. The second-order valence-electron chi connectivity index (χ2n) is 7.31. The Morgan fingerprint density at radius 2 is 1.80 bits per heavy atom. The Morgan fingerprint density at radius 3 is 2.47 bits per heavy atom. The summed E-state index contributed by atoms with van der Waals surface area (Å²) in [5.41, 5.74) is 8.09. The van der Waals surface area contributed by atoms with Crippen LogP contribution in [0, 0.1) is 13.8 Å². The van der Waals surface area contributed by atoms with Crippen LogP contribution in [0.4, 0.5) is 16.5 Å².